The molecule has 3 aromatic carbocycles. The molecular formula is C28H30N2. The molecule has 0 amide bonds. The molecule has 2 unspecified atom stereocenters. The third kappa shape index (κ3) is 3.01. The summed E-state index contributed by atoms with van der Waals surface area (Å²) < 4.78 is 0. The predicted octanol–water partition coefficient (Wildman–Crippen LogP) is 7.34. The average Bonchev–Trinajstić information content (AvgIpc) is 3.38. The van der Waals surface area contributed by atoms with Gasteiger partial charge in [0.15, 0.2) is 0 Å². The summed E-state index contributed by atoms with van der Waals surface area (Å²) in [7, 11) is 0. The second kappa shape index (κ2) is 7.50. The highest BCUT2D eigenvalue weighted by Gasteiger charge is 2.33. The summed E-state index contributed by atoms with van der Waals surface area (Å²) in [5, 5.41) is 6.50. The van der Waals surface area contributed by atoms with E-state index < -0.39 is 0 Å². The normalized spacial score (nSPS) is 21.9. The molecule has 0 bridgehead atoms. The van der Waals surface area contributed by atoms with Gasteiger partial charge in [0, 0.05) is 39.5 Å². The minimum Gasteiger partial charge on any atom is -0.381 e. The van der Waals surface area contributed by atoms with Gasteiger partial charge in [-0.05, 0) is 73.4 Å². The van der Waals surface area contributed by atoms with Crippen molar-refractivity contribution in [2.45, 2.75) is 63.3 Å². The van der Waals surface area contributed by atoms with E-state index in [9.17, 15) is 0 Å². The predicted molar refractivity (Wildman–Crippen MR) is 128 cm³/mol. The van der Waals surface area contributed by atoms with E-state index in [1.807, 2.05) is 0 Å². The molecular weight excluding hydrogens is 364 g/mol. The van der Waals surface area contributed by atoms with Crippen molar-refractivity contribution in [3.05, 3.63) is 77.4 Å². The summed E-state index contributed by atoms with van der Waals surface area (Å²) in [6.45, 7) is 0. The van der Waals surface area contributed by atoms with Gasteiger partial charge in [-0.15, -0.1) is 0 Å². The zero-order valence-corrected chi connectivity index (χ0v) is 17.6. The molecule has 2 aliphatic carbocycles. The zero-order valence-electron chi connectivity index (χ0n) is 17.6. The van der Waals surface area contributed by atoms with Gasteiger partial charge in [-0.25, -0.2) is 0 Å². The molecule has 1 aromatic heterocycles. The fourth-order valence-electron chi connectivity index (χ4n) is 6.02. The molecule has 2 nitrogen and oxygen atoms in total. The lowest BCUT2D eigenvalue weighted by Gasteiger charge is -2.25. The molecule has 2 N–H and O–H groups in total. The van der Waals surface area contributed by atoms with Crippen molar-refractivity contribution in [1.82, 2.24) is 4.98 Å². The van der Waals surface area contributed by atoms with Crippen LogP contribution in [0.5, 0.6) is 0 Å². The molecule has 1 saturated carbocycles. The molecule has 2 heterocycles. The van der Waals surface area contributed by atoms with Crippen LogP contribution in [0.3, 0.4) is 0 Å². The molecule has 30 heavy (non-hydrogen) atoms. The van der Waals surface area contributed by atoms with Gasteiger partial charge in [0.05, 0.1) is 0 Å². The third-order valence-corrected chi connectivity index (χ3v) is 7.47. The van der Waals surface area contributed by atoms with E-state index >= 15 is 0 Å². The van der Waals surface area contributed by atoms with Crippen LogP contribution in [0.25, 0.3) is 21.8 Å². The Balaban J connectivity index is 0.000000121. The fraction of sp³-hybridized carbons (Fsp3) is 0.357. The molecule has 0 spiro atoms. The monoisotopic (exact) mass is 394 g/mol. The number of aromatic amines is 1. The first-order valence-electron chi connectivity index (χ1n) is 11.7. The summed E-state index contributed by atoms with van der Waals surface area (Å²) in [6.07, 6.45) is 10.7. The first-order valence-corrected chi connectivity index (χ1v) is 11.7. The Morgan fingerprint density at radius 2 is 1.53 bits per heavy atom. The highest BCUT2D eigenvalue weighted by molar-refractivity contribution is 6.09. The molecule has 1 fully saturated rings. The van der Waals surface area contributed by atoms with Crippen LogP contribution < -0.4 is 5.32 Å². The number of fused-ring (bicyclic) bond motifs is 8. The molecule has 3 aliphatic rings. The van der Waals surface area contributed by atoms with Crippen molar-refractivity contribution in [2.75, 3.05) is 5.32 Å². The minimum absolute atomic E-state index is 0.742. The highest BCUT2D eigenvalue weighted by Crippen LogP contribution is 2.43. The van der Waals surface area contributed by atoms with E-state index in [0.717, 1.165) is 12.0 Å². The molecule has 0 radical (unpaired) electrons. The maximum Gasteiger partial charge on any atom is 0.0467 e. The number of para-hydroxylation sites is 2. The Kier molecular flexibility index (Phi) is 4.52. The lowest BCUT2D eigenvalue weighted by atomic mass is 9.83. The molecule has 7 rings (SSSR count). The van der Waals surface area contributed by atoms with E-state index in [-0.39, 0.29) is 0 Å². The van der Waals surface area contributed by atoms with Gasteiger partial charge in [0.1, 0.15) is 0 Å². The summed E-state index contributed by atoms with van der Waals surface area (Å²) in [5.74, 6) is 0.810. The van der Waals surface area contributed by atoms with Crippen molar-refractivity contribution in [3.63, 3.8) is 0 Å². The van der Waals surface area contributed by atoms with Gasteiger partial charge in [-0.1, -0.05) is 55.3 Å². The largest absolute Gasteiger partial charge is 0.381 e. The number of H-pyrrole nitrogens is 1. The molecule has 0 saturated heterocycles. The summed E-state index contributed by atoms with van der Waals surface area (Å²) in [4.78, 5) is 3.53. The summed E-state index contributed by atoms with van der Waals surface area (Å²) in [6, 6.07) is 22.7. The Morgan fingerprint density at radius 3 is 2.53 bits per heavy atom. The second-order valence-corrected chi connectivity index (χ2v) is 9.23. The van der Waals surface area contributed by atoms with Crippen molar-refractivity contribution >= 4 is 27.5 Å². The van der Waals surface area contributed by atoms with Gasteiger partial charge >= 0.3 is 0 Å². The van der Waals surface area contributed by atoms with Crippen LogP contribution >= 0.6 is 0 Å². The van der Waals surface area contributed by atoms with Crippen LogP contribution in [-0.4, -0.2) is 11.0 Å². The molecule has 2 heteroatoms. The first-order chi connectivity index (χ1) is 14.9. The lowest BCUT2D eigenvalue weighted by Crippen LogP contribution is -2.23. The van der Waals surface area contributed by atoms with Gasteiger partial charge in [0.2, 0.25) is 0 Å². The Labute approximate surface area is 178 Å². The van der Waals surface area contributed by atoms with Gasteiger partial charge in [-0.2, -0.15) is 0 Å². The van der Waals surface area contributed by atoms with Crippen molar-refractivity contribution < 1.29 is 0 Å². The molecule has 152 valence electrons. The minimum atomic E-state index is 0.742. The number of aromatic nitrogens is 1. The number of anilines is 1. The maximum atomic E-state index is 3.64. The number of rotatable bonds is 0. The van der Waals surface area contributed by atoms with Gasteiger partial charge in [-0.3, -0.25) is 0 Å². The maximum absolute atomic E-state index is 3.64. The SMILES string of the molecule is c1ccc2c(c1)NC1CCCCC21.c1ccc2c(c1)[nH]c1ccc3c(c12)CCCC3. The van der Waals surface area contributed by atoms with Crippen molar-refractivity contribution in [1.29, 1.82) is 0 Å². The summed E-state index contributed by atoms with van der Waals surface area (Å²) in [5.41, 5.74) is 8.67. The molecule has 2 atom stereocenters. The van der Waals surface area contributed by atoms with E-state index in [1.165, 1.54) is 78.9 Å². The first kappa shape index (κ1) is 18.1. The molecule has 4 aromatic rings. The van der Waals surface area contributed by atoms with E-state index in [2.05, 4.69) is 71.0 Å². The standard InChI is InChI=1S/C16H15N.C12H15N/c1-2-6-12-11(5-1)9-10-15-16(12)13-7-3-4-8-14(13)17-15;1-3-7-11-9(5-1)10-6-2-4-8-12(10)13-11/h3-4,7-10,17H,1-2,5-6H2;1,3,5,7,10,12-13H,2,4,6,8H2. The number of nitrogens with one attached hydrogen (secondary N) is 2. The van der Waals surface area contributed by atoms with Gasteiger partial charge < -0.3 is 10.3 Å². The summed E-state index contributed by atoms with van der Waals surface area (Å²) >= 11 is 0. The third-order valence-electron chi connectivity index (χ3n) is 7.47. The van der Waals surface area contributed by atoms with Crippen LogP contribution in [0.2, 0.25) is 0 Å². The van der Waals surface area contributed by atoms with E-state index in [0.29, 0.717) is 0 Å². The number of hydrogen-bond donors (Lipinski definition) is 2. The number of benzene rings is 3. The van der Waals surface area contributed by atoms with Crippen LogP contribution in [0.4, 0.5) is 5.69 Å². The topological polar surface area (TPSA) is 27.8 Å². The quantitative estimate of drug-likeness (QED) is 0.321. The Morgan fingerprint density at radius 1 is 0.700 bits per heavy atom. The average molecular weight is 395 g/mol. The van der Waals surface area contributed by atoms with E-state index in [1.54, 1.807) is 16.7 Å². The lowest BCUT2D eigenvalue weighted by molar-refractivity contribution is 0.422. The van der Waals surface area contributed by atoms with Crippen LogP contribution in [0, 0.1) is 0 Å². The smallest absolute Gasteiger partial charge is 0.0467 e. The van der Waals surface area contributed by atoms with Gasteiger partial charge in [0.25, 0.3) is 0 Å². The zero-order chi connectivity index (χ0) is 19.9. The second-order valence-electron chi connectivity index (χ2n) is 9.23. The molecule has 1 aliphatic heterocycles. The Hall–Kier alpha value is -2.74. The van der Waals surface area contributed by atoms with Crippen LogP contribution in [0.1, 0.15) is 61.1 Å². The van der Waals surface area contributed by atoms with E-state index in [4.69, 9.17) is 0 Å². The number of aryl methyl sites for hydroxylation is 2. The van der Waals surface area contributed by atoms with Crippen molar-refractivity contribution in [2.24, 2.45) is 0 Å². The van der Waals surface area contributed by atoms with Crippen LogP contribution in [-0.2, 0) is 12.8 Å². The Bertz CT molecular complexity index is 1200. The van der Waals surface area contributed by atoms with Crippen LogP contribution in [0.15, 0.2) is 60.7 Å². The number of hydrogen-bond acceptors (Lipinski definition) is 1. The fourth-order valence-corrected chi connectivity index (χ4v) is 6.02. The highest BCUT2D eigenvalue weighted by atomic mass is 15.0. The van der Waals surface area contributed by atoms with Crippen molar-refractivity contribution in [3.8, 4) is 0 Å².